The van der Waals surface area contributed by atoms with E-state index >= 15 is 0 Å². The van der Waals surface area contributed by atoms with Crippen LogP contribution in [-0.2, 0) is 11.3 Å². The number of carbonyl (C=O) groups is 2. The number of rotatable bonds is 4. The Balaban J connectivity index is 1.30. The van der Waals surface area contributed by atoms with Crippen LogP contribution in [0.2, 0.25) is 0 Å². The highest BCUT2D eigenvalue weighted by atomic mass is 16.2. The monoisotopic (exact) mass is 384 g/mol. The Kier molecular flexibility index (Phi) is 6.03. The van der Waals surface area contributed by atoms with Crippen molar-refractivity contribution in [3.63, 3.8) is 0 Å². The maximum Gasteiger partial charge on any atom is 0.317 e. The molecule has 2 heterocycles. The van der Waals surface area contributed by atoms with Gasteiger partial charge >= 0.3 is 6.03 Å². The van der Waals surface area contributed by atoms with Gasteiger partial charge in [-0.3, -0.25) is 4.79 Å². The molecule has 0 unspecified atom stereocenters. The SMILES string of the molecule is O=C1CN(c2ccc(CNC(=O)N3CCC[C@@H]3C3CCCCC3)cc2)CCN1. The highest BCUT2D eigenvalue weighted by molar-refractivity contribution is 5.82. The van der Waals surface area contributed by atoms with E-state index in [1.807, 2.05) is 24.3 Å². The summed E-state index contributed by atoms with van der Waals surface area (Å²) in [6.45, 7) is 3.37. The lowest BCUT2D eigenvalue weighted by Crippen LogP contribution is -2.47. The Labute approximate surface area is 167 Å². The van der Waals surface area contributed by atoms with Gasteiger partial charge in [0, 0.05) is 37.9 Å². The number of carbonyl (C=O) groups excluding carboxylic acids is 2. The molecule has 0 spiro atoms. The van der Waals surface area contributed by atoms with Gasteiger partial charge in [0.25, 0.3) is 0 Å². The molecule has 2 saturated heterocycles. The van der Waals surface area contributed by atoms with Gasteiger partial charge in [-0.05, 0) is 49.3 Å². The third-order valence-electron chi connectivity index (χ3n) is 6.54. The molecule has 0 radical (unpaired) electrons. The van der Waals surface area contributed by atoms with E-state index < -0.39 is 0 Å². The van der Waals surface area contributed by atoms with Crippen LogP contribution in [-0.4, -0.2) is 49.1 Å². The van der Waals surface area contributed by atoms with E-state index in [-0.39, 0.29) is 11.9 Å². The van der Waals surface area contributed by atoms with Crippen molar-refractivity contribution < 1.29 is 9.59 Å². The molecule has 1 aromatic carbocycles. The second-order valence-corrected chi connectivity index (χ2v) is 8.40. The Hall–Kier alpha value is -2.24. The average molecular weight is 385 g/mol. The molecule has 1 aromatic rings. The van der Waals surface area contributed by atoms with E-state index in [0.29, 0.717) is 31.6 Å². The summed E-state index contributed by atoms with van der Waals surface area (Å²) in [6.07, 6.45) is 8.86. The minimum Gasteiger partial charge on any atom is -0.360 e. The second kappa shape index (κ2) is 8.84. The molecule has 6 nitrogen and oxygen atoms in total. The zero-order chi connectivity index (χ0) is 19.3. The number of anilines is 1. The van der Waals surface area contributed by atoms with Gasteiger partial charge in [-0.1, -0.05) is 31.4 Å². The fourth-order valence-corrected chi connectivity index (χ4v) is 5.02. The standard InChI is InChI=1S/C22H32N4O2/c27-21-16-25(14-12-23-21)19-10-8-17(9-11-19)15-24-22(28)26-13-4-7-20(26)18-5-2-1-3-6-18/h8-11,18,20H,1-7,12-16H2,(H,23,27)(H,24,28)/t20-/m1/s1. The molecule has 4 rings (SSSR count). The molecule has 3 amide bonds. The second-order valence-electron chi connectivity index (χ2n) is 8.40. The van der Waals surface area contributed by atoms with Crippen LogP contribution in [0.1, 0.15) is 50.5 Å². The summed E-state index contributed by atoms with van der Waals surface area (Å²) in [5.74, 6) is 0.767. The molecule has 6 heteroatoms. The number of likely N-dealkylation sites (tertiary alicyclic amines) is 1. The van der Waals surface area contributed by atoms with Gasteiger partial charge in [-0.2, -0.15) is 0 Å². The van der Waals surface area contributed by atoms with Crippen molar-refractivity contribution >= 4 is 17.6 Å². The van der Waals surface area contributed by atoms with E-state index in [1.54, 1.807) is 0 Å². The first-order valence-corrected chi connectivity index (χ1v) is 10.9. The van der Waals surface area contributed by atoms with E-state index in [0.717, 1.165) is 37.2 Å². The first-order chi connectivity index (χ1) is 13.7. The molecule has 1 atom stereocenters. The largest absolute Gasteiger partial charge is 0.360 e. The topological polar surface area (TPSA) is 64.7 Å². The number of nitrogens with one attached hydrogen (secondary N) is 2. The lowest BCUT2D eigenvalue weighted by Gasteiger charge is -2.34. The van der Waals surface area contributed by atoms with Gasteiger partial charge in [-0.15, -0.1) is 0 Å². The molecule has 2 aliphatic heterocycles. The summed E-state index contributed by atoms with van der Waals surface area (Å²) in [5, 5.41) is 5.97. The van der Waals surface area contributed by atoms with Crippen molar-refractivity contribution in [2.75, 3.05) is 31.1 Å². The summed E-state index contributed by atoms with van der Waals surface area (Å²) in [4.78, 5) is 28.5. The van der Waals surface area contributed by atoms with Crippen molar-refractivity contribution in [1.82, 2.24) is 15.5 Å². The van der Waals surface area contributed by atoms with Crippen molar-refractivity contribution in [3.8, 4) is 0 Å². The fraction of sp³-hybridized carbons (Fsp3) is 0.636. The van der Waals surface area contributed by atoms with Gasteiger partial charge in [0.2, 0.25) is 5.91 Å². The Bertz CT molecular complexity index is 684. The minimum atomic E-state index is 0.0701. The van der Waals surface area contributed by atoms with Crippen LogP contribution < -0.4 is 15.5 Å². The van der Waals surface area contributed by atoms with Crippen LogP contribution in [0, 0.1) is 5.92 Å². The number of urea groups is 1. The number of hydrogen-bond acceptors (Lipinski definition) is 3. The normalized spacial score (nSPS) is 23.6. The molecule has 3 fully saturated rings. The van der Waals surface area contributed by atoms with Crippen molar-refractivity contribution in [2.24, 2.45) is 5.92 Å². The number of benzene rings is 1. The average Bonchev–Trinajstić information content (AvgIpc) is 3.23. The predicted molar refractivity (Wildman–Crippen MR) is 110 cm³/mol. The molecule has 0 bridgehead atoms. The molecule has 2 N–H and O–H groups in total. The van der Waals surface area contributed by atoms with E-state index in [2.05, 4.69) is 20.4 Å². The summed E-state index contributed by atoms with van der Waals surface area (Å²) in [7, 11) is 0. The van der Waals surface area contributed by atoms with Gasteiger partial charge in [-0.25, -0.2) is 4.79 Å². The van der Waals surface area contributed by atoms with Gasteiger partial charge < -0.3 is 20.4 Å². The van der Waals surface area contributed by atoms with Crippen LogP contribution in [0.3, 0.4) is 0 Å². The molecular weight excluding hydrogens is 352 g/mol. The molecule has 0 aromatic heterocycles. The van der Waals surface area contributed by atoms with E-state index in [9.17, 15) is 9.59 Å². The van der Waals surface area contributed by atoms with Gasteiger partial charge in [0.05, 0.1) is 6.54 Å². The summed E-state index contributed by atoms with van der Waals surface area (Å²) in [5.41, 5.74) is 2.15. The number of amides is 3. The lowest BCUT2D eigenvalue weighted by atomic mass is 9.83. The Morgan fingerprint density at radius 3 is 2.57 bits per heavy atom. The quantitative estimate of drug-likeness (QED) is 0.839. The molecule has 28 heavy (non-hydrogen) atoms. The lowest BCUT2D eigenvalue weighted by molar-refractivity contribution is -0.120. The first-order valence-electron chi connectivity index (χ1n) is 10.9. The molecule has 3 aliphatic rings. The highest BCUT2D eigenvalue weighted by Gasteiger charge is 2.35. The van der Waals surface area contributed by atoms with Crippen LogP contribution in [0.5, 0.6) is 0 Å². The minimum absolute atomic E-state index is 0.0701. The first kappa shape index (κ1) is 19.1. The third kappa shape index (κ3) is 4.42. The van der Waals surface area contributed by atoms with Crippen LogP contribution >= 0.6 is 0 Å². The van der Waals surface area contributed by atoms with Gasteiger partial charge in [0.1, 0.15) is 0 Å². The molecule has 1 saturated carbocycles. The number of piperazine rings is 1. The zero-order valence-corrected chi connectivity index (χ0v) is 16.7. The van der Waals surface area contributed by atoms with Crippen molar-refractivity contribution in [2.45, 2.75) is 57.5 Å². The number of hydrogen-bond donors (Lipinski definition) is 2. The smallest absolute Gasteiger partial charge is 0.317 e. The molecule has 1 aliphatic carbocycles. The Morgan fingerprint density at radius 1 is 1.04 bits per heavy atom. The molecular formula is C22H32N4O2. The van der Waals surface area contributed by atoms with Crippen molar-refractivity contribution in [3.05, 3.63) is 29.8 Å². The summed E-state index contributed by atoms with van der Waals surface area (Å²) < 4.78 is 0. The zero-order valence-electron chi connectivity index (χ0n) is 16.7. The third-order valence-corrected chi connectivity index (χ3v) is 6.54. The van der Waals surface area contributed by atoms with Crippen molar-refractivity contribution in [1.29, 1.82) is 0 Å². The van der Waals surface area contributed by atoms with E-state index in [1.165, 1.54) is 32.1 Å². The maximum absolute atomic E-state index is 12.8. The fourth-order valence-electron chi connectivity index (χ4n) is 5.02. The maximum atomic E-state index is 12.8. The van der Waals surface area contributed by atoms with Crippen LogP contribution in [0.25, 0.3) is 0 Å². The summed E-state index contributed by atoms with van der Waals surface area (Å²) >= 11 is 0. The summed E-state index contributed by atoms with van der Waals surface area (Å²) in [6, 6.07) is 8.70. The van der Waals surface area contributed by atoms with E-state index in [4.69, 9.17) is 0 Å². The van der Waals surface area contributed by atoms with Crippen LogP contribution in [0.4, 0.5) is 10.5 Å². The van der Waals surface area contributed by atoms with Gasteiger partial charge in [0.15, 0.2) is 0 Å². The predicted octanol–water partition coefficient (Wildman–Crippen LogP) is 2.88. The van der Waals surface area contributed by atoms with Crippen LogP contribution in [0.15, 0.2) is 24.3 Å². The Morgan fingerprint density at radius 2 is 1.82 bits per heavy atom. The molecule has 152 valence electrons. The number of nitrogens with zero attached hydrogens (tertiary/aromatic N) is 2. The highest BCUT2D eigenvalue weighted by Crippen LogP contribution is 2.34.